The standard InChI is InChI=1S/C26H28FN3O5/c1-26(2)18(9-20(35-26)22-17-8-16(27)4-5-19(17)30-25(22)34)13-3-6-21(28-10-13)29-11-14-7-15(12-31)24(33)23(14)32/h3-6,8-10,14-15,23-24,31-33H,7,11-12H2,1-2H3,(H,28,29)(H,30,34)/b22-20+/t14-,15-,23-,24-/m1/s1. The summed E-state index contributed by atoms with van der Waals surface area (Å²) in [6.07, 6.45) is 2.21. The molecule has 1 saturated carbocycles. The van der Waals surface area contributed by atoms with E-state index in [-0.39, 0.29) is 24.3 Å². The number of hydrogen-bond acceptors (Lipinski definition) is 7. The molecular weight excluding hydrogens is 453 g/mol. The number of fused-ring (bicyclic) bond motifs is 1. The van der Waals surface area contributed by atoms with Gasteiger partial charge in [0.15, 0.2) is 0 Å². The molecular formula is C26H28FN3O5. The second-order valence-corrected chi connectivity index (χ2v) is 9.79. The molecule has 0 spiro atoms. The van der Waals surface area contributed by atoms with Gasteiger partial charge in [0.2, 0.25) is 0 Å². The highest BCUT2D eigenvalue weighted by Crippen LogP contribution is 2.44. The number of benzene rings is 1. The predicted octanol–water partition coefficient (Wildman–Crippen LogP) is 2.54. The van der Waals surface area contributed by atoms with E-state index in [0.717, 1.165) is 11.1 Å². The number of nitrogens with one attached hydrogen (secondary N) is 2. The van der Waals surface area contributed by atoms with Crippen molar-refractivity contribution in [2.24, 2.45) is 11.8 Å². The molecule has 3 aliphatic rings. The molecule has 35 heavy (non-hydrogen) atoms. The van der Waals surface area contributed by atoms with Crippen molar-refractivity contribution in [3.63, 3.8) is 0 Å². The Hall–Kier alpha value is -3.27. The predicted molar refractivity (Wildman–Crippen MR) is 129 cm³/mol. The lowest BCUT2D eigenvalue weighted by Crippen LogP contribution is -2.31. The van der Waals surface area contributed by atoms with E-state index >= 15 is 0 Å². The molecule has 5 rings (SSSR count). The Morgan fingerprint density at radius 2 is 1.97 bits per heavy atom. The summed E-state index contributed by atoms with van der Waals surface area (Å²) in [6, 6.07) is 7.86. The Morgan fingerprint density at radius 1 is 1.20 bits per heavy atom. The number of rotatable bonds is 5. The SMILES string of the molecule is CC1(C)O/C(=C2/C(=O)Nc3ccc(F)cc32)C=C1c1ccc(NC[C@H]2C[C@H](CO)[C@@H](O)[C@@H]2O)nc1. The highest BCUT2D eigenvalue weighted by molar-refractivity contribution is 6.32. The minimum Gasteiger partial charge on any atom is -0.482 e. The fourth-order valence-corrected chi connectivity index (χ4v) is 5.11. The average molecular weight is 482 g/mol. The van der Waals surface area contributed by atoms with Gasteiger partial charge in [-0.2, -0.15) is 0 Å². The smallest absolute Gasteiger partial charge is 0.260 e. The van der Waals surface area contributed by atoms with Crippen molar-refractivity contribution in [2.75, 3.05) is 23.8 Å². The minimum atomic E-state index is -0.924. The van der Waals surface area contributed by atoms with Crippen LogP contribution >= 0.6 is 0 Å². The lowest BCUT2D eigenvalue weighted by atomic mass is 9.93. The highest BCUT2D eigenvalue weighted by atomic mass is 19.1. The number of allylic oxidation sites excluding steroid dienone is 1. The van der Waals surface area contributed by atoms with Gasteiger partial charge in [-0.25, -0.2) is 9.37 Å². The van der Waals surface area contributed by atoms with Crippen LogP contribution < -0.4 is 10.6 Å². The van der Waals surface area contributed by atoms with Gasteiger partial charge in [0.05, 0.1) is 17.8 Å². The zero-order chi connectivity index (χ0) is 24.9. The van der Waals surface area contributed by atoms with Gasteiger partial charge in [-0.3, -0.25) is 4.79 Å². The molecule has 0 bridgehead atoms. The summed E-state index contributed by atoms with van der Waals surface area (Å²) in [4.78, 5) is 17.1. The van der Waals surface area contributed by atoms with Crippen molar-refractivity contribution in [1.29, 1.82) is 0 Å². The second-order valence-electron chi connectivity index (χ2n) is 9.79. The number of carbonyl (C=O) groups excluding carboxylic acids is 1. The van der Waals surface area contributed by atoms with Gasteiger partial charge in [0.25, 0.3) is 5.91 Å². The number of pyridine rings is 1. The van der Waals surface area contributed by atoms with Crippen molar-refractivity contribution < 1.29 is 29.2 Å². The van der Waals surface area contributed by atoms with Crippen molar-refractivity contribution in [3.8, 4) is 0 Å². The second kappa shape index (κ2) is 8.75. The van der Waals surface area contributed by atoms with Crippen LogP contribution in [0, 0.1) is 17.7 Å². The molecule has 5 N–H and O–H groups in total. The average Bonchev–Trinajstić information content (AvgIpc) is 3.42. The zero-order valence-electron chi connectivity index (χ0n) is 19.5. The third kappa shape index (κ3) is 4.20. The first-order valence-corrected chi connectivity index (χ1v) is 11.6. The topological polar surface area (TPSA) is 124 Å². The van der Waals surface area contributed by atoms with Crippen LogP contribution in [-0.2, 0) is 9.53 Å². The van der Waals surface area contributed by atoms with E-state index in [9.17, 15) is 24.5 Å². The van der Waals surface area contributed by atoms with E-state index < -0.39 is 23.6 Å². The van der Waals surface area contributed by atoms with Gasteiger partial charge in [-0.15, -0.1) is 0 Å². The van der Waals surface area contributed by atoms with Crippen LogP contribution in [0.2, 0.25) is 0 Å². The molecule has 0 radical (unpaired) electrons. The van der Waals surface area contributed by atoms with Crippen LogP contribution in [0.1, 0.15) is 31.4 Å². The quantitative estimate of drug-likeness (QED) is 0.416. The van der Waals surface area contributed by atoms with Gasteiger partial charge < -0.3 is 30.7 Å². The summed E-state index contributed by atoms with van der Waals surface area (Å²) in [5, 5.41) is 35.5. The summed E-state index contributed by atoms with van der Waals surface area (Å²) in [5.74, 6) is -0.294. The molecule has 2 aliphatic heterocycles. The maximum absolute atomic E-state index is 13.9. The van der Waals surface area contributed by atoms with Crippen LogP contribution in [0.15, 0.2) is 48.4 Å². The van der Waals surface area contributed by atoms with E-state index in [2.05, 4.69) is 15.6 Å². The number of halogens is 1. The minimum absolute atomic E-state index is 0.158. The molecule has 1 aliphatic carbocycles. The van der Waals surface area contributed by atoms with Crippen molar-refractivity contribution in [3.05, 3.63) is 65.3 Å². The van der Waals surface area contributed by atoms with Crippen LogP contribution in [0.4, 0.5) is 15.9 Å². The van der Waals surface area contributed by atoms with Crippen LogP contribution in [0.25, 0.3) is 11.1 Å². The number of anilines is 2. The summed E-state index contributed by atoms with van der Waals surface area (Å²) >= 11 is 0. The van der Waals surface area contributed by atoms with Gasteiger partial charge in [-0.05, 0) is 56.7 Å². The summed E-state index contributed by atoms with van der Waals surface area (Å²) in [6.45, 7) is 4.04. The highest BCUT2D eigenvalue weighted by Gasteiger charge is 2.41. The third-order valence-corrected chi connectivity index (χ3v) is 7.04. The van der Waals surface area contributed by atoms with E-state index in [1.165, 1.54) is 18.2 Å². The molecule has 3 heterocycles. The number of amides is 1. The summed E-state index contributed by atoms with van der Waals surface area (Å²) in [5.41, 5.74) is 2.22. The molecule has 1 aromatic carbocycles. The summed E-state index contributed by atoms with van der Waals surface area (Å²) in [7, 11) is 0. The van der Waals surface area contributed by atoms with E-state index in [0.29, 0.717) is 41.4 Å². The maximum Gasteiger partial charge on any atom is 0.260 e. The molecule has 0 unspecified atom stereocenters. The van der Waals surface area contributed by atoms with Crippen molar-refractivity contribution >= 4 is 28.6 Å². The molecule has 1 aromatic heterocycles. The van der Waals surface area contributed by atoms with Gasteiger partial charge in [0, 0.05) is 53.6 Å². The molecule has 9 heteroatoms. The number of aliphatic hydroxyl groups excluding tert-OH is 3. The lowest BCUT2D eigenvalue weighted by Gasteiger charge is -2.23. The maximum atomic E-state index is 13.9. The number of nitrogens with zero attached hydrogens (tertiary/aromatic N) is 1. The first kappa shape index (κ1) is 23.5. The van der Waals surface area contributed by atoms with E-state index in [1.807, 2.05) is 26.0 Å². The Morgan fingerprint density at radius 3 is 2.66 bits per heavy atom. The van der Waals surface area contributed by atoms with Crippen LogP contribution in [0.5, 0.6) is 0 Å². The van der Waals surface area contributed by atoms with Gasteiger partial charge in [0.1, 0.15) is 23.0 Å². The normalized spacial score (nSPS) is 29.0. The van der Waals surface area contributed by atoms with Crippen molar-refractivity contribution in [1.82, 2.24) is 4.98 Å². The van der Waals surface area contributed by atoms with Gasteiger partial charge >= 0.3 is 0 Å². The lowest BCUT2D eigenvalue weighted by molar-refractivity contribution is -0.111. The Labute approximate surface area is 202 Å². The fourth-order valence-electron chi connectivity index (χ4n) is 5.11. The molecule has 2 aromatic rings. The Kier molecular flexibility index (Phi) is 5.86. The fraction of sp³-hybridized carbons (Fsp3) is 0.385. The van der Waals surface area contributed by atoms with E-state index in [4.69, 9.17) is 4.74 Å². The monoisotopic (exact) mass is 481 g/mol. The zero-order valence-corrected chi connectivity index (χ0v) is 19.5. The first-order chi connectivity index (χ1) is 16.7. The number of hydrogen-bond donors (Lipinski definition) is 5. The first-order valence-electron chi connectivity index (χ1n) is 11.6. The Balaban J connectivity index is 1.36. The molecule has 184 valence electrons. The number of ether oxygens (including phenoxy) is 1. The number of aliphatic hydroxyl groups is 3. The largest absolute Gasteiger partial charge is 0.482 e. The van der Waals surface area contributed by atoms with Gasteiger partial charge in [-0.1, -0.05) is 0 Å². The summed E-state index contributed by atoms with van der Waals surface area (Å²) < 4.78 is 20.0. The van der Waals surface area contributed by atoms with Crippen molar-refractivity contribution in [2.45, 2.75) is 38.1 Å². The van der Waals surface area contributed by atoms with Crippen LogP contribution in [-0.4, -0.2) is 57.2 Å². The van der Waals surface area contributed by atoms with E-state index in [1.54, 1.807) is 12.3 Å². The molecule has 4 atom stereocenters. The molecule has 1 amide bonds. The Bertz CT molecular complexity index is 1220. The third-order valence-electron chi connectivity index (χ3n) is 7.04. The molecule has 1 fully saturated rings. The number of carbonyl (C=O) groups is 1. The molecule has 8 nitrogen and oxygen atoms in total. The molecule has 0 saturated heterocycles. The van der Waals surface area contributed by atoms with Crippen LogP contribution in [0.3, 0.4) is 0 Å². The number of aromatic nitrogens is 1.